The molecular weight excluding hydrogens is 248 g/mol. The van der Waals surface area contributed by atoms with Crippen LogP contribution in [0.3, 0.4) is 0 Å². The Morgan fingerprint density at radius 1 is 1.40 bits per heavy atom. The van der Waals surface area contributed by atoms with E-state index < -0.39 is 0 Å². The number of hydrogen-bond donors (Lipinski definition) is 1. The third-order valence-electron chi connectivity index (χ3n) is 4.26. The van der Waals surface area contributed by atoms with Crippen molar-refractivity contribution in [3.05, 3.63) is 29.3 Å². The van der Waals surface area contributed by atoms with Crippen LogP contribution in [0.25, 0.3) is 0 Å². The second-order valence-electron chi connectivity index (χ2n) is 6.23. The number of nitrogens with one attached hydrogen (secondary N) is 1. The highest BCUT2D eigenvalue weighted by Crippen LogP contribution is 2.20. The van der Waals surface area contributed by atoms with Gasteiger partial charge in [-0.05, 0) is 57.7 Å². The van der Waals surface area contributed by atoms with Crippen molar-refractivity contribution in [1.82, 2.24) is 4.90 Å². The Hall–Kier alpha value is -1.35. The average molecular weight is 274 g/mol. The SMILES string of the molecule is Cc1ccc(NC(=O)[C@H](C)N2CCC[C@H](C)C2)c(C)c1. The number of hydrogen-bond acceptors (Lipinski definition) is 2. The first-order chi connectivity index (χ1) is 9.47. The second kappa shape index (κ2) is 6.40. The Labute approximate surface area is 122 Å². The first kappa shape index (κ1) is 15.0. The summed E-state index contributed by atoms with van der Waals surface area (Å²) in [5, 5.41) is 3.07. The molecule has 0 radical (unpaired) electrons. The summed E-state index contributed by atoms with van der Waals surface area (Å²) in [4.78, 5) is 14.7. The van der Waals surface area contributed by atoms with Crippen LogP contribution in [-0.4, -0.2) is 29.9 Å². The highest BCUT2D eigenvalue weighted by molar-refractivity contribution is 5.95. The lowest BCUT2D eigenvalue weighted by Gasteiger charge is -2.34. The van der Waals surface area contributed by atoms with Crippen LogP contribution in [0.5, 0.6) is 0 Å². The highest BCUT2D eigenvalue weighted by atomic mass is 16.2. The third kappa shape index (κ3) is 3.60. The standard InChI is InChI=1S/C17H26N2O/c1-12-7-8-16(14(3)10-12)18-17(20)15(4)19-9-5-6-13(2)11-19/h7-8,10,13,15H,5-6,9,11H2,1-4H3,(H,18,20)/t13-,15-/m0/s1. The molecule has 3 nitrogen and oxygen atoms in total. The molecule has 0 bridgehead atoms. The first-order valence-corrected chi connectivity index (χ1v) is 7.59. The molecule has 3 heteroatoms. The van der Waals surface area contributed by atoms with E-state index in [0.717, 1.165) is 24.3 Å². The monoisotopic (exact) mass is 274 g/mol. The van der Waals surface area contributed by atoms with Gasteiger partial charge < -0.3 is 5.32 Å². The van der Waals surface area contributed by atoms with Crippen LogP contribution in [0.2, 0.25) is 0 Å². The molecule has 0 aromatic heterocycles. The molecule has 1 aromatic rings. The summed E-state index contributed by atoms with van der Waals surface area (Å²) >= 11 is 0. The molecule has 1 N–H and O–H groups in total. The Morgan fingerprint density at radius 3 is 2.80 bits per heavy atom. The molecule has 2 atom stereocenters. The van der Waals surface area contributed by atoms with Crippen LogP contribution in [0, 0.1) is 19.8 Å². The van der Waals surface area contributed by atoms with E-state index >= 15 is 0 Å². The van der Waals surface area contributed by atoms with Crippen LogP contribution < -0.4 is 5.32 Å². The first-order valence-electron chi connectivity index (χ1n) is 7.59. The zero-order valence-electron chi connectivity index (χ0n) is 13.1. The van der Waals surface area contributed by atoms with Gasteiger partial charge in [0.15, 0.2) is 0 Å². The van der Waals surface area contributed by atoms with Crippen molar-refractivity contribution in [3.63, 3.8) is 0 Å². The van der Waals surface area contributed by atoms with Crippen LogP contribution in [0.4, 0.5) is 5.69 Å². The summed E-state index contributed by atoms with van der Waals surface area (Å²) in [7, 11) is 0. The van der Waals surface area contributed by atoms with Gasteiger partial charge in [0.25, 0.3) is 0 Å². The summed E-state index contributed by atoms with van der Waals surface area (Å²) in [6.07, 6.45) is 2.48. The largest absolute Gasteiger partial charge is 0.324 e. The molecule has 0 unspecified atom stereocenters. The molecule has 1 aromatic carbocycles. The number of nitrogens with zero attached hydrogens (tertiary/aromatic N) is 1. The maximum Gasteiger partial charge on any atom is 0.241 e. The van der Waals surface area contributed by atoms with Gasteiger partial charge >= 0.3 is 0 Å². The van der Waals surface area contributed by atoms with Gasteiger partial charge in [-0.3, -0.25) is 9.69 Å². The molecule has 20 heavy (non-hydrogen) atoms. The smallest absolute Gasteiger partial charge is 0.241 e. The van der Waals surface area contributed by atoms with Gasteiger partial charge in [0.1, 0.15) is 0 Å². The van der Waals surface area contributed by atoms with E-state index in [4.69, 9.17) is 0 Å². The molecule has 1 saturated heterocycles. The van der Waals surface area contributed by atoms with E-state index in [0.29, 0.717) is 5.92 Å². The van der Waals surface area contributed by atoms with Gasteiger partial charge in [-0.15, -0.1) is 0 Å². The summed E-state index contributed by atoms with van der Waals surface area (Å²) in [6.45, 7) is 10.4. The van der Waals surface area contributed by atoms with Crippen molar-refractivity contribution >= 4 is 11.6 Å². The van der Waals surface area contributed by atoms with E-state index in [-0.39, 0.29) is 11.9 Å². The number of amides is 1. The molecule has 1 amide bonds. The van der Waals surface area contributed by atoms with E-state index in [1.807, 2.05) is 26.0 Å². The van der Waals surface area contributed by atoms with Gasteiger partial charge in [-0.2, -0.15) is 0 Å². The van der Waals surface area contributed by atoms with Crippen LogP contribution in [0.15, 0.2) is 18.2 Å². The van der Waals surface area contributed by atoms with Crippen molar-refractivity contribution in [1.29, 1.82) is 0 Å². The fourth-order valence-corrected chi connectivity index (χ4v) is 2.93. The number of carbonyl (C=O) groups excluding carboxylic acids is 1. The minimum Gasteiger partial charge on any atom is -0.324 e. The van der Waals surface area contributed by atoms with Gasteiger partial charge in [-0.1, -0.05) is 24.6 Å². The van der Waals surface area contributed by atoms with E-state index in [1.54, 1.807) is 0 Å². The Morgan fingerprint density at radius 2 is 2.15 bits per heavy atom. The molecule has 1 aliphatic rings. The zero-order valence-corrected chi connectivity index (χ0v) is 13.1. The lowest BCUT2D eigenvalue weighted by atomic mass is 9.99. The topological polar surface area (TPSA) is 32.3 Å². The number of piperidine rings is 1. The van der Waals surface area contributed by atoms with Crippen molar-refractivity contribution in [2.45, 2.75) is 46.6 Å². The predicted octanol–water partition coefficient (Wildman–Crippen LogP) is 3.36. The summed E-state index contributed by atoms with van der Waals surface area (Å²) in [5.41, 5.74) is 3.27. The number of benzene rings is 1. The molecule has 1 aliphatic heterocycles. The number of carbonyl (C=O) groups is 1. The molecule has 1 fully saturated rings. The minimum absolute atomic E-state index is 0.0570. The highest BCUT2D eigenvalue weighted by Gasteiger charge is 2.25. The molecule has 0 saturated carbocycles. The quantitative estimate of drug-likeness (QED) is 0.916. The normalized spacial score (nSPS) is 21.5. The lowest BCUT2D eigenvalue weighted by molar-refractivity contribution is -0.121. The molecule has 110 valence electrons. The zero-order chi connectivity index (χ0) is 14.7. The summed E-state index contributed by atoms with van der Waals surface area (Å²) in [5.74, 6) is 0.797. The Bertz CT molecular complexity index is 484. The summed E-state index contributed by atoms with van der Waals surface area (Å²) < 4.78 is 0. The second-order valence-corrected chi connectivity index (χ2v) is 6.23. The Kier molecular flexibility index (Phi) is 4.81. The lowest BCUT2D eigenvalue weighted by Crippen LogP contribution is -2.46. The van der Waals surface area contributed by atoms with Gasteiger partial charge in [0.2, 0.25) is 5.91 Å². The maximum atomic E-state index is 12.4. The summed E-state index contributed by atoms with van der Waals surface area (Å²) in [6, 6.07) is 6.08. The van der Waals surface area contributed by atoms with Crippen LogP contribution >= 0.6 is 0 Å². The molecule has 0 spiro atoms. The van der Waals surface area contributed by atoms with Crippen molar-refractivity contribution in [2.24, 2.45) is 5.92 Å². The number of likely N-dealkylation sites (tertiary alicyclic amines) is 1. The van der Waals surface area contributed by atoms with E-state index in [9.17, 15) is 4.79 Å². The maximum absolute atomic E-state index is 12.4. The van der Waals surface area contributed by atoms with Crippen LogP contribution in [-0.2, 0) is 4.79 Å². The number of rotatable bonds is 3. The molecule has 0 aliphatic carbocycles. The van der Waals surface area contributed by atoms with E-state index in [1.165, 1.54) is 18.4 Å². The number of aryl methyl sites for hydroxylation is 2. The fourth-order valence-electron chi connectivity index (χ4n) is 2.93. The predicted molar refractivity (Wildman–Crippen MR) is 84.0 cm³/mol. The molecule has 2 rings (SSSR count). The molecular formula is C17H26N2O. The Balaban J connectivity index is 2.00. The van der Waals surface area contributed by atoms with Crippen molar-refractivity contribution < 1.29 is 4.79 Å². The fraction of sp³-hybridized carbons (Fsp3) is 0.588. The average Bonchev–Trinajstić information content (AvgIpc) is 2.41. The van der Waals surface area contributed by atoms with Crippen LogP contribution in [0.1, 0.15) is 37.8 Å². The van der Waals surface area contributed by atoms with Gasteiger partial charge in [-0.25, -0.2) is 0 Å². The third-order valence-corrected chi connectivity index (χ3v) is 4.26. The molecule has 1 heterocycles. The van der Waals surface area contributed by atoms with Gasteiger partial charge in [0.05, 0.1) is 6.04 Å². The van der Waals surface area contributed by atoms with Gasteiger partial charge in [0, 0.05) is 12.2 Å². The number of anilines is 1. The van der Waals surface area contributed by atoms with E-state index in [2.05, 4.69) is 30.1 Å². The van der Waals surface area contributed by atoms with Crippen molar-refractivity contribution in [3.8, 4) is 0 Å². The minimum atomic E-state index is -0.0570. The van der Waals surface area contributed by atoms with Crippen molar-refractivity contribution in [2.75, 3.05) is 18.4 Å².